The highest BCUT2D eigenvalue weighted by atomic mass is 16.1. The van der Waals surface area contributed by atoms with Crippen molar-refractivity contribution < 1.29 is 2.85 Å². The molecule has 5 nitrogen and oxygen atoms in total. The van der Waals surface area contributed by atoms with Crippen molar-refractivity contribution in [3.8, 4) is 5.69 Å². The smallest absolute Gasteiger partial charge is 0.193 e. The van der Waals surface area contributed by atoms with Gasteiger partial charge in [0, 0.05) is 38.3 Å². The van der Waals surface area contributed by atoms with Crippen LogP contribution in [0.3, 0.4) is 0 Å². The number of fused-ring (bicyclic) bond motifs is 1. The molecule has 0 aliphatic heterocycles. The van der Waals surface area contributed by atoms with Gasteiger partial charge in [0.1, 0.15) is 11.6 Å². The van der Waals surface area contributed by atoms with Crippen molar-refractivity contribution in [2.45, 2.75) is 12.8 Å². The van der Waals surface area contributed by atoms with Crippen LogP contribution in [-0.2, 0) is 0 Å². The van der Waals surface area contributed by atoms with Crippen LogP contribution in [0.15, 0.2) is 108 Å². The number of benzene rings is 2. The first-order chi connectivity index (χ1) is 15.3. The molecule has 5 rings (SSSR count). The van der Waals surface area contributed by atoms with Crippen molar-refractivity contribution in [3.63, 3.8) is 0 Å². The maximum atomic E-state index is 12.9. The summed E-state index contributed by atoms with van der Waals surface area (Å²) in [7, 11) is 0. The Bertz CT molecular complexity index is 1350. The van der Waals surface area contributed by atoms with Crippen LogP contribution >= 0.6 is 0 Å². The summed E-state index contributed by atoms with van der Waals surface area (Å²) in [6, 6.07) is 23.5. The average molecular weight is 411 g/mol. The summed E-state index contributed by atoms with van der Waals surface area (Å²) in [5.41, 5.74) is 3.62. The Kier molecular flexibility index (Phi) is 5.07. The molecule has 5 heteroatoms. The average Bonchev–Trinajstić information content (AvgIpc) is 2.81. The van der Waals surface area contributed by atoms with Gasteiger partial charge in [-0.05, 0) is 43.2 Å². The second-order valence-corrected chi connectivity index (χ2v) is 7.41. The Morgan fingerprint density at radius 3 is 2.42 bits per heavy atom. The third-order valence-corrected chi connectivity index (χ3v) is 5.23. The molecule has 2 aromatic carbocycles. The van der Waals surface area contributed by atoms with Gasteiger partial charge < -0.3 is 10.6 Å². The zero-order valence-corrected chi connectivity index (χ0v) is 17.0. The number of para-hydroxylation sites is 2. The lowest BCUT2D eigenvalue weighted by Gasteiger charge is -2.20. The van der Waals surface area contributed by atoms with Gasteiger partial charge in [0.15, 0.2) is 5.43 Å². The monoisotopic (exact) mass is 410 g/mol. The second-order valence-electron chi connectivity index (χ2n) is 7.41. The molecule has 1 aliphatic rings. The third-order valence-electron chi connectivity index (χ3n) is 5.23. The quantitative estimate of drug-likeness (QED) is 0.407. The van der Waals surface area contributed by atoms with Gasteiger partial charge in [-0.15, -0.1) is 0 Å². The molecule has 0 spiro atoms. The molecule has 2 aromatic heterocycles. The van der Waals surface area contributed by atoms with Gasteiger partial charge in [0.2, 0.25) is 0 Å². The minimum atomic E-state index is -0.0659. The number of aromatic nitrogens is 2. The number of hydrogen-bond acceptors (Lipinski definition) is 4. The minimum absolute atomic E-state index is 0. The first-order valence-corrected chi connectivity index (χ1v) is 10.3. The van der Waals surface area contributed by atoms with Gasteiger partial charge in [-0.3, -0.25) is 9.36 Å². The highest BCUT2D eigenvalue weighted by molar-refractivity contribution is 5.85. The molecule has 0 saturated heterocycles. The Balaban J connectivity index is 0.00000153. The van der Waals surface area contributed by atoms with E-state index in [1.165, 1.54) is 0 Å². The van der Waals surface area contributed by atoms with Crippen LogP contribution in [-0.4, -0.2) is 9.55 Å². The lowest BCUT2D eigenvalue weighted by atomic mass is 10.1. The van der Waals surface area contributed by atoms with E-state index in [4.69, 9.17) is 0 Å². The van der Waals surface area contributed by atoms with Crippen LogP contribution in [0.25, 0.3) is 16.6 Å². The summed E-state index contributed by atoms with van der Waals surface area (Å²) in [5, 5.41) is 7.34. The maximum Gasteiger partial charge on any atom is 0.193 e. The second kappa shape index (κ2) is 8.32. The van der Waals surface area contributed by atoms with Crippen molar-refractivity contribution in [3.05, 3.63) is 113 Å². The number of hydrogen-bond donors (Lipinski definition) is 2. The number of nitrogens with one attached hydrogen (secondary N) is 2. The van der Waals surface area contributed by atoms with Gasteiger partial charge >= 0.3 is 0 Å². The topological polar surface area (TPSA) is 59.0 Å². The molecule has 0 bridgehead atoms. The molecule has 4 aromatic rings. The molecular weight excluding hydrogens is 384 g/mol. The van der Waals surface area contributed by atoms with E-state index in [9.17, 15) is 4.79 Å². The molecular formula is C26H26N4O. The Labute approximate surface area is 183 Å². The molecule has 31 heavy (non-hydrogen) atoms. The Hall–Kier alpha value is -4.12. The fourth-order valence-corrected chi connectivity index (χ4v) is 3.75. The Morgan fingerprint density at radius 2 is 1.68 bits per heavy atom. The molecule has 0 radical (unpaired) electrons. The molecule has 0 unspecified atom stereocenters. The third kappa shape index (κ3) is 3.98. The van der Waals surface area contributed by atoms with Crippen LogP contribution < -0.4 is 16.1 Å². The van der Waals surface area contributed by atoms with Gasteiger partial charge in [-0.2, -0.15) is 0 Å². The van der Waals surface area contributed by atoms with Gasteiger partial charge in [0.05, 0.1) is 10.9 Å². The molecule has 0 fully saturated rings. The highest BCUT2D eigenvalue weighted by Gasteiger charge is 2.13. The van der Waals surface area contributed by atoms with E-state index < -0.39 is 0 Å². The molecule has 156 valence electrons. The first-order valence-electron chi connectivity index (χ1n) is 10.3. The largest absolute Gasteiger partial charge is 0.342 e. The highest BCUT2D eigenvalue weighted by Crippen LogP contribution is 2.26. The van der Waals surface area contributed by atoms with Crippen molar-refractivity contribution in [1.82, 2.24) is 9.55 Å². The van der Waals surface area contributed by atoms with Crippen molar-refractivity contribution >= 4 is 28.2 Å². The predicted molar refractivity (Wildman–Crippen MR) is 131 cm³/mol. The van der Waals surface area contributed by atoms with Gasteiger partial charge in [0.25, 0.3) is 0 Å². The SMILES string of the molecule is O=c1cc(NC2=CCCC=C2)n(-c2ccccc2)c2cc(Nc3ccccc3)ncc12.[HH].[HH]. The van der Waals surface area contributed by atoms with Gasteiger partial charge in [-0.25, -0.2) is 4.98 Å². The number of nitrogens with zero attached hydrogens (tertiary/aromatic N) is 2. The summed E-state index contributed by atoms with van der Waals surface area (Å²) in [6.45, 7) is 0. The van der Waals surface area contributed by atoms with Crippen molar-refractivity contribution in [1.29, 1.82) is 0 Å². The lowest BCUT2D eigenvalue weighted by molar-refractivity contribution is 1.01. The molecule has 2 heterocycles. The molecule has 0 atom stereocenters. The molecule has 0 saturated carbocycles. The van der Waals surface area contributed by atoms with Crippen LogP contribution in [0.1, 0.15) is 15.7 Å². The maximum absolute atomic E-state index is 12.9. The van der Waals surface area contributed by atoms with E-state index in [1.54, 1.807) is 12.3 Å². The first kappa shape index (κ1) is 18.9. The van der Waals surface area contributed by atoms with E-state index in [2.05, 4.69) is 38.4 Å². The van der Waals surface area contributed by atoms with E-state index in [0.717, 1.165) is 41.2 Å². The van der Waals surface area contributed by atoms with E-state index in [-0.39, 0.29) is 8.28 Å². The zero-order valence-electron chi connectivity index (χ0n) is 17.0. The van der Waals surface area contributed by atoms with Crippen molar-refractivity contribution in [2.24, 2.45) is 0 Å². The molecule has 2 N–H and O–H groups in total. The van der Waals surface area contributed by atoms with Crippen LogP contribution in [0.2, 0.25) is 0 Å². The van der Waals surface area contributed by atoms with E-state index in [0.29, 0.717) is 11.2 Å². The van der Waals surface area contributed by atoms with E-state index >= 15 is 0 Å². The summed E-state index contributed by atoms with van der Waals surface area (Å²) < 4.78 is 2.07. The fourth-order valence-electron chi connectivity index (χ4n) is 3.75. The standard InChI is InChI=1S/C26H22N4O.2H2/c31-24-17-26(29-20-12-6-2-7-13-20)30(21-14-8-3-9-15-21)23-16-25(27-18-22(23)24)28-19-10-4-1-5-11-19;;/h1,3-6,8-18,29H,2,7H2,(H,27,28);2*1H. The number of allylic oxidation sites excluding steroid dienone is 3. The number of pyridine rings is 2. The zero-order chi connectivity index (χ0) is 21.0. The minimum Gasteiger partial charge on any atom is -0.342 e. The summed E-state index contributed by atoms with van der Waals surface area (Å²) in [4.78, 5) is 17.4. The van der Waals surface area contributed by atoms with Crippen molar-refractivity contribution in [2.75, 3.05) is 10.6 Å². The fraction of sp³-hybridized carbons (Fsp3) is 0.0769. The van der Waals surface area contributed by atoms with Crippen LogP contribution in [0, 0.1) is 0 Å². The Morgan fingerprint density at radius 1 is 0.903 bits per heavy atom. The number of rotatable bonds is 5. The molecule has 0 amide bonds. The summed E-state index contributed by atoms with van der Waals surface area (Å²) in [6.07, 6.45) is 10.0. The summed E-state index contributed by atoms with van der Waals surface area (Å²) >= 11 is 0. The van der Waals surface area contributed by atoms with Crippen LogP contribution in [0.5, 0.6) is 0 Å². The predicted octanol–water partition coefficient (Wildman–Crippen LogP) is 6.27. The van der Waals surface area contributed by atoms with Gasteiger partial charge in [-0.1, -0.05) is 48.6 Å². The summed E-state index contributed by atoms with van der Waals surface area (Å²) in [5.74, 6) is 1.40. The normalized spacial score (nSPS) is 13.1. The molecule has 1 aliphatic carbocycles. The van der Waals surface area contributed by atoms with E-state index in [1.807, 2.05) is 66.7 Å². The van der Waals surface area contributed by atoms with Crippen LogP contribution in [0.4, 0.5) is 17.3 Å². The lowest BCUT2D eigenvalue weighted by Crippen LogP contribution is -2.15. The number of anilines is 3.